The van der Waals surface area contributed by atoms with Gasteiger partial charge in [-0.2, -0.15) is 0 Å². The smallest absolute Gasteiger partial charge is 0.309 e. The number of piperidine rings is 1. The molecule has 1 aromatic carbocycles. The van der Waals surface area contributed by atoms with Crippen LogP contribution >= 0.6 is 0 Å². The SMILES string of the molecule is CC(OC(=O)C1CCN(C(=O)C2CC2)CC1)C(=O)Nc1c(F)cccc1F. The summed E-state index contributed by atoms with van der Waals surface area (Å²) >= 11 is 0. The number of likely N-dealkylation sites (tertiary alicyclic amines) is 1. The van der Waals surface area contributed by atoms with Gasteiger partial charge in [0, 0.05) is 19.0 Å². The molecule has 0 radical (unpaired) electrons. The van der Waals surface area contributed by atoms with Crippen LogP contribution in [0.3, 0.4) is 0 Å². The van der Waals surface area contributed by atoms with Gasteiger partial charge in [0.05, 0.1) is 5.92 Å². The lowest BCUT2D eigenvalue weighted by Crippen LogP contribution is -2.42. The number of ether oxygens (including phenoxy) is 1. The van der Waals surface area contributed by atoms with Crippen LogP contribution in [0.25, 0.3) is 0 Å². The molecule has 0 spiro atoms. The lowest BCUT2D eigenvalue weighted by atomic mass is 9.96. The van der Waals surface area contributed by atoms with Gasteiger partial charge in [-0.1, -0.05) is 6.07 Å². The molecular weight excluding hydrogens is 358 g/mol. The van der Waals surface area contributed by atoms with E-state index in [0.717, 1.165) is 25.0 Å². The van der Waals surface area contributed by atoms with Gasteiger partial charge in [-0.25, -0.2) is 8.78 Å². The second kappa shape index (κ2) is 8.02. The predicted octanol–water partition coefficient (Wildman–Crippen LogP) is 2.48. The molecule has 0 bridgehead atoms. The molecule has 6 nitrogen and oxygen atoms in total. The van der Waals surface area contributed by atoms with E-state index in [-0.39, 0.29) is 11.8 Å². The third-order valence-electron chi connectivity index (χ3n) is 4.94. The van der Waals surface area contributed by atoms with Crippen LogP contribution in [0.5, 0.6) is 0 Å². The second-order valence-electron chi connectivity index (χ2n) is 7.04. The van der Waals surface area contributed by atoms with Crippen LogP contribution in [-0.2, 0) is 19.1 Å². The van der Waals surface area contributed by atoms with Crippen molar-refractivity contribution in [2.75, 3.05) is 18.4 Å². The number of nitrogens with zero attached hydrogens (tertiary/aromatic N) is 1. The monoisotopic (exact) mass is 380 g/mol. The summed E-state index contributed by atoms with van der Waals surface area (Å²) in [5, 5.41) is 2.11. The zero-order valence-corrected chi connectivity index (χ0v) is 15.0. The summed E-state index contributed by atoms with van der Waals surface area (Å²) in [6.45, 7) is 2.34. The van der Waals surface area contributed by atoms with E-state index in [1.54, 1.807) is 4.90 Å². The van der Waals surface area contributed by atoms with Gasteiger partial charge >= 0.3 is 5.97 Å². The Kier molecular flexibility index (Phi) is 5.72. The van der Waals surface area contributed by atoms with Crippen molar-refractivity contribution in [3.63, 3.8) is 0 Å². The van der Waals surface area contributed by atoms with Gasteiger partial charge in [-0.15, -0.1) is 0 Å². The summed E-state index contributed by atoms with van der Waals surface area (Å²) in [7, 11) is 0. The fraction of sp³-hybridized carbons (Fsp3) is 0.526. The van der Waals surface area contributed by atoms with Crippen molar-refractivity contribution < 1.29 is 27.9 Å². The molecule has 2 aliphatic rings. The van der Waals surface area contributed by atoms with Crippen molar-refractivity contribution in [3.05, 3.63) is 29.8 Å². The number of hydrogen-bond acceptors (Lipinski definition) is 4. The largest absolute Gasteiger partial charge is 0.452 e. The van der Waals surface area contributed by atoms with Gasteiger partial charge in [0.25, 0.3) is 5.91 Å². The summed E-state index contributed by atoms with van der Waals surface area (Å²) in [5.74, 6) is -3.26. The van der Waals surface area contributed by atoms with Gasteiger partial charge < -0.3 is 15.0 Å². The van der Waals surface area contributed by atoms with E-state index in [1.165, 1.54) is 13.0 Å². The lowest BCUT2D eigenvalue weighted by molar-refractivity contribution is -0.159. The first-order valence-electron chi connectivity index (χ1n) is 9.11. The Balaban J connectivity index is 1.48. The van der Waals surface area contributed by atoms with E-state index in [2.05, 4.69) is 5.32 Å². The zero-order chi connectivity index (χ0) is 19.6. The number of carbonyl (C=O) groups is 3. The van der Waals surface area contributed by atoms with Crippen molar-refractivity contribution in [2.24, 2.45) is 11.8 Å². The highest BCUT2D eigenvalue weighted by molar-refractivity contribution is 5.95. The summed E-state index contributed by atoms with van der Waals surface area (Å²) in [4.78, 5) is 38.2. The Hall–Kier alpha value is -2.51. The number of halogens is 2. The topological polar surface area (TPSA) is 75.7 Å². The maximum atomic E-state index is 13.6. The molecule has 0 aromatic heterocycles. The molecule has 1 N–H and O–H groups in total. The van der Waals surface area contributed by atoms with E-state index in [0.29, 0.717) is 25.9 Å². The van der Waals surface area contributed by atoms with Crippen molar-refractivity contribution in [2.45, 2.75) is 38.7 Å². The van der Waals surface area contributed by atoms with Gasteiger partial charge in [-0.05, 0) is 44.7 Å². The number of anilines is 1. The Morgan fingerprint density at radius 3 is 2.22 bits per heavy atom. The lowest BCUT2D eigenvalue weighted by Gasteiger charge is -2.31. The Morgan fingerprint density at radius 2 is 1.67 bits per heavy atom. The molecule has 27 heavy (non-hydrogen) atoms. The molecule has 1 unspecified atom stereocenters. The summed E-state index contributed by atoms with van der Waals surface area (Å²) in [6.07, 6.45) is 1.65. The normalized spacial score (nSPS) is 18.7. The maximum Gasteiger partial charge on any atom is 0.309 e. The van der Waals surface area contributed by atoms with E-state index in [9.17, 15) is 23.2 Å². The zero-order valence-electron chi connectivity index (χ0n) is 15.0. The average Bonchev–Trinajstić information content (AvgIpc) is 3.49. The quantitative estimate of drug-likeness (QED) is 0.797. The number of rotatable bonds is 5. The molecule has 1 aromatic rings. The predicted molar refractivity (Wildman–Crippen MR) is 92.6 cm³/mol. The third kappa shape index (κ3) is 4.61. The van der Waals surface area contributed by atoms with Crippen LogP contribution in [0, 0.1) is 23.5 Å². The minimum absolute atomic E-state index is 0.149. The number of amides is 2. The number of para-hydroxylation sites is 1. The number of hydrogen-bond donors (Lipinski definition) is 1. The van der Waals surface area contributed by atoms with Crippen LogP contribution in [0.4, 0.5) is 14.5 Å². The number of esters is 1. The van der Waals surface area contributed by atoms with Crippen LogP contribution in [0.1, 0.15) is 32.6 Å². The number of nitrogens with one attached hydrogen (secondary N) is 1. The molecular formula is C19H22F2N2O4. The Bertz CT molecular complexity index is 723. The summed E-state index contributed by atoms with van der Waals surface area (Å²) in [5.41, 5.74) is -0.572. The minimum atomic E-state index is -1.19. The van der Waals surface area contributed by atoms with E-state index in [4.69, 9.17) is 4.74 Å². The number of benzene rings is 1. The van der Waals surface area contributed by atoms with Crippen LogP contribution < -0.4 is 5.32 Å². The fourth-order valence-corrected chi connectivity index (χ4v) is 3.09. The summed E-state index contributed by atoms with van der Waals surface area (Å²) in [6, 6.07) is 3.22. The van der Waals surface area contributed by atoms with Gasteiger partial charge in [0.15, 0.2) is 6.10 Å². The van der Waals surface area contributed by atoms with Crippen LogP contribution in [-0.4, -0.2) is 41.9 Å². The van der Waals surface area contributed by atoms with Crippen LogP contribution in [0.15, 0.2) is 18.2 Å². The molecule has 1 heterocycles. The Morgan fingerprint density at radius 1 is 1.07 bits per heavy atom. The van der Waals surface area contributed by atoms with Crippen LogP contribution in [0.2, 0.25) is 0 Å². The first-order chi connectivity index (χ1) is 12.9. The van der Waals surface area contributed by atoms with Gasteiger partial charge in [0.2, 0.25) is 5.91 Å². The highest BCUT2D eigenvalue weighted by Crippen LogP contribution is 2.32. The molecule has 2 fully saturated rings. The molecule has 1 aliphatic heterocycles. The molecule has 3 rings (SSSR count). The second-order valence-corrected chi connectivity index (χ2v) is 7.04. The van der Waals surface area contributed by atoms with Crippen molar-refractivity contribution in [1.82, 2.24) is 4.90 Å². The molecule has 1 saturated carbocycles. The fourth-order valence-electron chi connectivity index (χ4n) is 3.09. The highest BCUT2D eigenvalue weighted by Gasteiger charge is 2.36. The maximum absolute atomic E-state index is 13.6. The minimum Gasteiger partial charge on any atom is -0.452 e. The number of carbonyl (C=O) groups excluding carboxylic acids is 3. The van der Waals surface area contributed by atoms with Crippen molar-refractivity contribution in [3.8, 4) is 0 Å². The van der Waals surface area contributed by atoms with E-state index < -0.39 is 41.2 Å². The van der Waals surface area contributed by atoms with Gasteiger partial charge in [-0.3, -0.25) is 14.4 Å². The third-order valence-corrected chi connectivity index (χ3v) is 4.94. The van der Waals surface area contributed by atoms with Crippen molar-refractivity contribution >= 4 is 23.5 Å². The van der Waals surface area contributed by atoms with Crippen molar-refractivity contribution in [1.29, 1.82) is 0 Å². The first kappa shape index (κ1) is 19.3. The molecule has 1 atom stereocenters. The van der Waals surface area contributed by atoms with E-state index in [1.807, 2.05) is 0 Å². The Labute approximate surface area is 155 Å². The van der Waals surface area contributed by atoms with Gasteiger partial charge in [0.1, 0.15) is 17.3 Å². The molecule has 2 amide bonds. The molecule has 1 aliphatic carbocycles. The average molecular weight is 380 g/mol. The molecule has 1 saturated heterocycles. The standard InChI is InChI=1S/C19H22F2N2O4/c1-11(17(24)22-16-14(20)3-2-4-15(16)21)27-19(26)13-7-9-23(10-8-13)18(25)12-5-6-12/h2-4,11-13H,5-10H2,1H3,(H,22,24). The first-order valence-corrected chi connectivity index (χ1v) is 9.11. The molecule has 146 valence electrons. The summed E-state index contributed by atoms with van der Waals surface area (Å²) < 4.78 is 32.4. The highest BCUT2D eigenvalue weighted by atomic mass is 19.1. The molecule has 8 heteroatoms. The van der Waals surface area contributed by atoms with E-state index >= 15 is 0 Å².